The minimum Gasteiger partial charge on any atom is -0.475 e. The van der Waals surface area contributed by atoms with Crippen molar-refractivity contribution in [2.24, 2.45) is 10.7 Å². The van der Waals surface area contributed by atoms with Gasteiger partial charge in [0.1, 0.15) is 5.84 Å². The first-order valence-electron chi connectivity index (χ1n) is 7.74. The summed E-state index contributed by atoms with van der Waals surface area (Å²) >= 11 is 0. The van der Waals surface area contributed by atoms with Crippen molar-refractivity contribution in [3.8, 4) is 0 Å². The molecule has 0 saturated heterocycles. The van der Waals surface area contributed by atoms with Gasteiger partial charge in [0.15, 0.2) is 5.54 Å². The van der Waals surface area contributed by atoms with Gasteiger partial charge in [-0.05, 0) is 11.1 Å². The number of hydrogen-bond acceptors (Lipinski definition) is 3. The largest absolute Gasteiger partial charge is 0.490 e. The smallest absolute Gasteiger partial charge is 0.475 e. The molecule has 150 valence electrons. The second-order valence-electron chi connectivity index (χ2n) is 5.86. The van der Waals surface area contributed by atoms with E-state index in [9.17, 15) is 26.3 Å². The van der Waals surface area contributed by atoms with Crippen molar-refractivity contribution in [3.63, 3.8) is 0 Å². The fourth-order valence-corrected chi connectivity index (χ4v) is 2.71. The van der Waals surface area contributed by atoms with Crippen molar-refractivity contribution in [3.05, 3.63) is 71.3 Å². The lowest BCUT2D eigenvalue weighted by molar-refractivity contribution is -0.192. The Kier molecular flexibility index (Phi) is 5.72. The van der Waals surface area contributed by atoms with Crippen LogP contribution in [0.5, 0.6) is 0 Å². The van der Waals surface area contributed by atoms with Crippen LogP contribution < -0.4 is 5.73 Å². The topological polar surface area (TPSA) is 75.7 Å². The molecule has 2 aromatic rings. The molecule has 1 heterocycles. The van der Waals surface area contributed by atoms with E-state index in [4.69, 9.17) is 15.6 Å². The van der Waals surface area contributed by atoms with Gasteiger partial charge in [-0.15, -0.1) is 0 Å². The van der Waals surface area contributed by atoms with E-state index in [1.54, 1.807) is 42.5 Å². The van der Waals surface area contributed by atoms with Crippen molar-refractivity contribution in [2.45, 2.75) is 24.3 Å². The predicted octanol–water partition coefficient (Wildman–Crippen LogP) is 4.04. The normalized spacial score (nSPS) is 19.0. The molecule has 2 aromatic carbocycles. The van der Waals surface area contributed by atoms with Gasteiger partial charge >= 0.3 is 18.3 Å². The Morgan fingerprint density at radius 1 is 0.964 bits per heavy atom. The summed E-state index contributed by atoms with van der Waals surface area (Å²) in [6.45, 7) is 0. The lowest BCUT2D eigenvalue weighted by Gasteiger charge is -2.36. The molecule has 3 rings (SSSR count). The summed E-state index contributed by atoms with van der Waals surface area (Å²) in [5.41, 5.74) is 4.74. The van der Waals surface area contributed by atoms with E-state index >= 15 is 0 Å². The van der Waals surface area contributed by atoms with Crippen LogP contribution in [0.15, 0.2) is 59.6 Å². The number of nitrogens with two attached hydrogens (primary N) is 1. The van der Waals surface area contributed by atoms with E-state index in [-0.39, 0.29) is 17.8 Å². The number of carboxylic acids is 1. The predicted molar refractivity (Wildman–Crippen MR) is 88.7 cm³/mol. The van der Waals surface area contributed by atoms with Crippen molar-refractivity contribution in [2.75, 3.05) is 0 Å². The molecule has 1 unspecified atom stereocenters. The zero-order valence-corrected chi connectivity index (χ0v) is 14.1. The van der Waals surface area contributed by atoms with Crippen molar-refractivity contribution in [1.82, 2.24) is 0 Å². The monoisotopic (exact) mass is 404 g/mol. The van der Waals surface area contributed by atoms with Crippen molar-refractivity contribution < 1.29 is 36.2 Å². The highest BCUT2D eigenvalue weighted by molar-refractivity contribution is 6.00. The molecule has 0 radical (unpaired) electrons. The summed E-state index contributed by atoms with van der Waals surface area (Å²) in [5, 5.41) is 7.12. The van der Waals surface area contributed by atoms with Crippen LogP contribution in [-0.4, -0.2) is 29.3 Å². The molecule has 0 bridgehead atoms. The molecule has 10 heteroatoms. The number of fused-ring (bicyclic) bond motifs is 1. The van der Waals surface area contributed by atoms with Gasteiger partial charge in [0.25, 0.3) is 0 Å². The van der Waals surface area contributed by atoms with Crippen LogP contribution in [0.4, 0.5) is 26.3 Å². The highest BCUT2D eigenvalue weighted by Gasteiger charge is 2.57. The third-order valence-corrected chi connectivity index (χ3v) is 4.01. The number of alkyl halides is 6. The van der Waals surface area contributed by atoms with Crippen LogP contribution in [0.25, 0.3) is 0 Å². The SMILES string of the molecule is NC1=NC(c2ccccc2)(C(F)(F)F)Cc2ccccc21.O=C(O)C(F)(F)F. The van der Waals surface area contributed by atoms with Crippen LogP contribution in [0.1, 0.15) is 16.7 Å². The van der Waals surface area contributed by atoms with Crippen LogP contribution in [0.3, 0.4) is 0 Å². The number of carbonyl (C=O) groups is 1. The van der Waals surface area contributed by atoms with Crippen LogP contribution in [0.2, 0.25) is 0 Å². The number of aliphatic carboxylic acids is 1. The first-order chi connectivity index (χ1) is 12.9. The van der Waals surface area contributed by atoms with Gasteiger partial charge in [-0.2, -0.15) is 26.3 Å². The standard InChI is InChI=1S/C16H13F3N2.C2HF3O2/c17-16(18,19)15(12-7-2-1-3-8-12)10-11-6-4-5-9-13(11)14(20)21-15;3-2(4,5)1(6)7/h1-9H,10H2,(H2,20,21);(H,6,7). The van der Waals surface area contributed by atoms with Gasteiger partial charge in [0.2, 0.25) is 0 Å². The number of amidine groups is 1. The summed E-state index contributed by atoms with van der Waals surface area (Å²) in [7, 11) is 0. The maximum Gasteiger partial charge on any atom is 0.490 e. The molecule has 0 saturated carbocycles. The molecule has 0 aromatic heterocycles. The molecule has 0 amide bonds. The average molecular weight is 404 g/mol. The number of aliphatic imine (C=N–C) groups is 1. The second-order valence-corrected chi connectivity index (χ2v) is 5.86. The highest BCUT2D eigenvalue weighted by atomic mass is 19.4. The van der Waals surface area contributed by atoms with E-state index in [1.807, 2.05) is 0 Å². The molecule has 0 spiro atoms. The minimum atomic E-state index is -5.08. The summed E-state index contributed by atoms with van der Waals surface area (Å²) in [6.07, 6.45) is -9.84. The number of rotatable bonds is 1. The third-order valence-electron chi connectivity index (χ3n) is 4.01. The lowest BCUT2D eigenvalue weighted by atomic mass is 9.80. The number of hydrogen-bond donors (Lipinski definition) is 2. The molecule has 0 aliphatic carbocycles. The molecule has 1 atom stereocenters. The zero-order valence-electron chi connectivity index (χ0n) is 14.1. The Balaban J connectivity index is 0.000000345. The van der Waals surface area contributed by atoms with E-state index in [0.717, 1.165) is 0 Å². The number of carboxylic acid groups (broad SMARTS) is 1. The second kappa shape index (κ2) is 7.53. The third kappa shape index (κ3) is 4.26. The molecule has 3 N–H and O–H groups in total. The van der Waals surface area contributed by atoms with E-state index < -0.39 is 23.9 Å². The molecule has 0 fully saturated rings. The molecular weight excluding hydrogens is 390 g/mol. The van der Waals surface area contributed by atoms with Gasteiger partial charge in [0.05, 0.1) is 0 Å². The van der Waals surface area contributed by atoms with E-state index in [1.165, 1.54) is 12.1 Å². The summed E-state index contributed by atoms with van der Waals surface area (Å²) in [5.74, 6) is -2.83. The first-order valence-corrected chi connectivity index (χ1v) is 7.74. The Hall–Kier alpha value is -3.04. The fraction of sp³-hybridized carbons (Fsp3) is 0.222. The maximum absolute atomic E-state index is 13.8. The number of halogens is 6. The van der Waals surface area contributed by atoms with Gasteiger partial charge in [-0.3, -0.25) is 0 Å². The molecule has 1 aliphatic heterocycles. The van der Waals surface area contributed by atoms with Crippen molar-refractivity contribution >= 4 is 11.8 Å². The van der Waals surface area contributed by atoms with Gasteiger partial charge in [-0.25, -0.2) is 9.79 Å². The highest BCUT2D eigenvalue weighted by Crippen LogP contribution is 2.47. The Morgan fingerprint density at radius 3 is 1.96 bits per heavy atom. The fourth-order valence-electron chi connectivity index (χ4n) is 2.71. The summed E-state index contributed by atoms with van der Waals surface area (Å²) in [4.78, 5) is 12.8. The van der Waals surface area contributed by atoms with Crippen LogP contribution in [-0.2, 0) is 16.8 Å². The molecule has 28 heavy (non-hydrogen) atoms. The van der Waals surface area contributed by atoms with Crippen LogP contribution >= 0.6 is 0 Å². The van der Waals surface area contributed by atoms with Crippen LogP contribution in [0, 0.1) is 0 Å². The average Bonchev–Trinajstić information content (AvgIpc) is 2.61. The lowest BCUT2D eigenvalue weighted by Crippen LogP contribution is -2.47. The first kappa shape index (κ1) is 21.3. The Labute approximate surface area is 155 Å². The Morgan fingerprint density at radius 2 is 1.46 bits per heavy atom. The molecule has 4 nitrogen and oxygen atoms in total. The van der Waals surface area contributed by atoms with E-state index in [2.05, 4.69) is 4.99 Å². The summed E-state index contributed by atoms with van der Waals surface area (Å²) in [6, 6.07) is 14.5. The maximum atomic E-state index is 13.8. The van der Waals surface area contributed by atoms with E-state index in [0.29, 0.717) is 11.1 Å². The zero-order chi connectivity index (χ0) is 21.2. The van der Waals surface area contributed by atoms with Gasteiger partial charge < -0.3 is 10.8 Å². The van der Waals surface area contributed by atoms with Crippen molar-refractivity contribution in [1.29, 1.82) is 0 Å². The van der Waals surface area contributed by atoms with Gasteiger partial charge in [-0.1, -0.05) is 54.6 Å². The Bertz CT molecular complexity index is 878. The molecule has 1 aliphatic rings. The minimum absolute atomic E-state index is 0.0713. The quantitative estimate of drug-likeness (QED) is 0.705. The number of benzene rings is 2. The number of nitrogens with zero attached hydrogens (tertiary/aromatic N) is 1. The van der Waals surface area contributed by atoms with Gasteiger partial charge in [0, 0.05) is 12.0 Å². The molecular formula is C18H14F6N2O2. The summed E-state index contributed by atoms with van der Waals surface area (Å²) < 4.78 is 73.1.